The number of nitrogens with two attached hydrogens (primary N) is 1. The fourth-order valence-electron chi connectivity index (χ4n) is 0.243. The van der Waals surface area contributed by atoms with Gasteiger partial charge in [-0.1, -0.05) is 0 Å². The van der Waals surface area contributed by atoms with Crippen molar-refractivity contribution in [3.63, 3.8) is 0 Å². The van der Waals surface area contributed by atoms with E-state index in [0.29, 0.717) is 0 Å². The number of aromatic nitrogens is 4. The van der Waals surface area contributed by atoms with E-state index in [9.17, 15) is 4.79 Å². The second-order valence-electron chi connectivity index (χ2n) is 1.07. The number of rotatable bonds is 1. The predicted molar refractivity (Wildman–Crippen MR) is 52.6 cm³/mol. The molecule has 0 fully saturated rings. The molecule has 1 aromatic heterocycles. The summed E-state index contributed by atoms with van der Waals surface area (Å²) in [6, 6.07) is 0. The summed E-state index contributed by atoms with van der Waals surface area (Å²) in [5.74, 6) is -0.861. The van der Waals surface area contributed by atoms with Crippen LogP contribution in [0.2, 0.25) is 0 Å². The van der Waals surface area contributed by atoms with Gasteiger partial charge in [0.05, 0.1) is 0 Å². The van der Waals surface area contributed by atoms with E-state index >= 15 is 0 Å². The molecule has 1 amide bonds. The van der Waals surface area contributed by atoms with Gasteiger partial charge in [-0.3, -0.25) is 15.2 Å². The second-order valence-corrected chi connectivity index (χ2v) is 1.07. The summed E-state index contributed by atoms with van der Waals surface area (Å²) in [6.07, 6.45) is 0. The number of tetrazole rings is 1. The molecule has 0 aromatic carbocycles. The minimum absolute atomic E-state index is 0. The average Bonchev–Trinajstić information content (AvgIpc) is 2.42. The van der Waals surface area contributed by atoms with E-state index in [-0.39, 0.29) is 36.6 Å². The number of nitrogens with zero attached hydrogens (tertiary/aromatic N) is 4. The molecule has 0 radical (unpaired) electrons. The summed E-state index contributed by atoms with van der Waals surface area (Å²) in [7, 11) is 4.33. The Morgan fingerprint density at radius 3 is 1.73 bits per heavy atom. The Kier molecular flexibility index (Phi) is 56.9. The molecule has 0 spiro atoms. The Morgan fingerprint density at radius 2 is 1.60 bits per heavy atom. The topological polar surface area (TPSA) is 271 Å². The zero-order valence-corrected chi connectivity index (χ0v) is 9.82. The van der Waals surface area contributed by atoms with E-state index in [1.165, 1.54) is 0 Å². The Morgan fingerprint density at radius 1 is 1.20 bits per heavy atom. The number of amides is 1. The maximum absolute atomic E-state index is 10.1. The third kappa shape index (κ3) is 15.9. The van der Waals surface area contributed by atoms with Crippen molar-refractivity contribution in [2.75, 3.05) is 0 Å². The van der Waals surface area contributed by atoms with Crippen molar-refractivity contribution >= 4 is 16.1 Å². The van der Waals surface area contributed by atoms with Gasteiger partial charge in [-0.2, -0.15) is 0 Å². The number of carbonyl (C=O) groups excluding carboxylic acids is 1. The summed E-state index contributed by atoms with van der Waals surface area (Å²) in [5, 5.41) is 12.4. The summed E-state index contributed by atoms with van der Waals surface area (Å²) < 4.78 is 0. The average molecular weight is 292 g/mol. The van der Waals surface area contributed by atoms with Gasteiger partial charge in [-0.05, 0) is 0 Å². The summed E-state index contributed by atoms with van der Waals surface area (Å²) >= 11 is 3.03. The van der Waals surface area contributed by atoms with Gasteiger partial charge < -0.3 is 41.6 Å². The molecule has 0 unspecified atom stereocenters. The van der Waals surface area contributed by atoms with E-state index in [0.717, 1.165) is 0 Å². The first-order valence-electron chi connectivity index (χ1n) is 1.92. The van der Waals surface area contributed by atoms with Crippen molar-refractivity contribution in [2.24, 2.45) is 5.73 Å². The minimum atomic E-state index is -0.713. The van der Waals surface area contributed by atoms with E-state index in [4.69, 9.17) is 5.73 Å². The number of hydrogen-bond donors (Lipinski definition) is 6. The molecule has 97 valence electrons. The molecule has 0 aliphatic carbocycles. The van der Waals surface area contributed by atoms with Crippen LogP contribution < -0.4 is 41.7 Å². The molecule has 13 heteroatoms. The number of primary amides is 1. The van der Waals surface area contributed by atoms with Crippen LogP contribution in [-0.2, 0) is 14.8 Å². The Labute approximate surface area is 99.0 Å². The van der Waals surface area contributed by atoms with E-state index in [2.05, 4.69) is 45.6 Å². The Balaban J connectivity index is -0.0000000274. The van der Waals surface area contributed by atoms with Crippen LogP contribution in [0.4, 0.5) is 0 Å². The van der Waals surface area contributed by atoms with Crippen LogP contribution in [0.15, 0.2) is 0 Å². The van der Waals surface area contributed by atoms with Crippen molar-refractivity contribution in [3.8, 4) is 0 Å². The summed E-state index contributed by atoms with van der Waals surface area (Å²) in [4.78, 5) is 10.1. The van der Waals surface area contributed by atoms with Crippen LogP contribution in [0, 0.1) is 0 Å². The molecule has 0 aliphatic heterocycles. The second kappa shape index (κ2) is 23.2. The van der Waals surface area contributed by atoms with Crippen molar-refractivity contribution in [1.82, 2.24) is 51.4 Å². The molecule has 11 nitrogen and oxygen atoms in total. The van der Waals surface area contributed by atoms with Crippen molar-refractivity contribution in [1.29, 1.82) is 0 Å². The number of hydrogen-bond acceptors (Lipinski definition) is 9. The molecule has 0 saturated heterocycles. The van der Waals surface area contributed by atoms with Gasteiger partial charge in [0.25, 0.3) is 5.91 Å². The van der Waals surface area contributed by atoms with Crippen LogP contribution in [0.1, 0.15) is 10.6 Å². The third-order valence-electron chi connectivity index (χ3n) is 0.539. The number of carbonyl (C=O) groups is 1. The van der Waals surface area contributed by atoms with Crippen LogP contribution >= 0.6 is 10.1 Å². The zero-order chi connectivity index (χ0) is 7.98. The quantitative estimate of drug-likeness (QED) is 0.382. The van der Waals surface area contributed by atoms with Gasteiger partial charge in [-0.15, -0.1) is 0 Å². The van der Waals surface area contributed by atoms with Gasteiger partial charge in [0.15, 0.2) is 0 Å². The maximum atomic E-state index is 10.1. The van der Waals surface area contributed by atoms with Crippen molar-refractivity contribution in [2.45, 2.75) is 0 Å². The molecule has 1 heterocycles. The molecule has 0 atom stereocenters. The zero-order valence-electron chi connectivity index (χ0n) is 8.02. The van der Waals surface area contributed by atoms with E-state index in [1.807, 2.05) is 0 Å². The standard InChI is InChI=1S/C2H3N5O.ClH.Co.5H3N/c3-1(8)2-4-6-7-5-2;;;;;;;/h(H3,3,4,5,6,7,8);1H;;5*1H3/q;;+2;;;;;/p-2. The monoisotopic (exact) mass is 291 g/mol. The first kappa shape index (κ1) is 36.8. The fourth-order valence-corrected chi connectivity index (χ4v) is 0.243. The molecule has 0 saturated carbocycles. The molecule has 1 rings (SSSR count). The van der Waals surface area contributed by atoms with E-state index in [1.54, 1.807) is 0 Å². The van der Waals surface area contributed by atoms with Crippen LogP contribution in [0.5, 0.6) is 0 Å². The van der Waals surface area contributed by atoms with E-state index < -0.39 is 5.91 Å². The normalized spacial score (nSPS) is 5.20. The molecule has 0 aliphatic rings. The number of halogens is 1. The fraction of sp³-hybridized carbons (Fsp3) is 0. The molecule has 17 N–H and O–H groups in total. The third-order valence-corrected chi connectivity index (χ3v) is 0.539. The van der Waals surface area contributed by atoms with Crippen molar-refractivity contribution < 1.29 is 19.6 Å². The Hall–Kier alpha value is -0.864. The first-order valence-corrected chi connectivity index (χ1v) is 3.35. The molecule has 0 bridgehead atoms. The van der Waals surface area contributed by atoms with Gasteiger partial charge in [0.2, 0.25) is 0 Å². The van der Waals surface area contributed by atoms with Gasteiger partial charge in [0.1, 0.15) is 5.82 Å². The summed E-state index contributed by atoms with van der Waals surface area (Å²) in [6.45, 7) is 0. The van der Waals surface area contributed by atoms with Crippen molar-refractivity contribution in [3.05, 3.63) is 5.82 Å². The first-order chi connectivity index (χ1) is 4.80. The van der Waals surface area contributed by atoms with Crippen LogP contribution in [-0.4, -0.2) is 21.3 Å². The molecule has 1 aromatic rings. The van der Waals surface area contributed by atoms with Gasteiger partial charge >= 0.3 is 25.0 Å². The van der Waals surface area contributed by atoms with Crippen LogP contribution in [0.3, 0.4) is 0 Å². The molecule has 15 heavy (non-hydrogen) atoms. The SMILES string of the molecule is N.N.N.N.N.NC(=O)c1nn[n-]n1.[Cl][Co+]. The predicted octanol–water partition coefficient (Wildman–Crippen LogP) is -0.575. The van der Waals surface area contributed by atoms with Gasteiger partial charge in [0, 0.05) is 0 Å². The molecular weight excluding hydrogens is 274 g/mol. The van der Waals surface area contributed by atoms with Gasteiger partial charge in [-0.25, -0.2) is 5.10 Å². The van der Waals surface area contributed by atoms with Crippen LogP contribution in [0.25, 0.3) is 0 Å². The molecular formula is C2H17ClCoN10O. The Bertz CT molecular complexity index is 191. The summed E-state index contributed by atoms with van der Waals surface area (Å²) in [5.41, 5.74) is 4.71.